The molecule has 0 aliphatic carbocycles. The molecule has 3 nitrogen and oxygen atoms in total. The summed E-state index contributed by atoms with van der Waals surface area (Å²) >= 11 is 0. The molecule has 0 amide bonds. The number of aromatic nitrogens is 2. The third-order valence-electron chi connectivity index (χ3n) is 2.24. The molecule has 2 rings (SSSR count). The molecule has 0 aliphatic rings. The molecule has 0 bridgehead atoms. The molecule has 4 heteroatoms. The summed E-state index contributed by atoms with van der Waals surface area (Å²) in [5.74, 6) is -0.335. The Labute approximate surface area is 80.2 Å². The van der Waals surface area contributed by atoms with E-state index >= 15 is 0 Å². The van der Waals surface area contributed by atoms with Crippen LogP contribution < -0.4 is 0 Å². The molecular formula is C10H9FN2O. The average Bonchev–Trinajstić information content (AvgIpc) is 2.42. The molecule has 0 radical (unpaired) electrons. The van der Waals surface area contributed by atoms with Crippen LogP contribution in [0.2, 0.25) is 0 Å². The van der Waals surface area contributed by atoms with Gasteiger partial charge >= 0.3 is 0 Å². The number of fused-ring (bicyclic) bond motifs is 1. The van der Waals surface area contributed by atoms with E-state index in [1.807, 2.05) is 0 Å². The molecule has 2 aromatic rings. The van der Waals surface area contributed by atoms with E-state index in [1.54, 1.807) is 19.9 Å². The third-order valence-corrected chi connectivity index (χ3v) is 2.24. The number of carbonyl (C=O) groups excluding carboxylic acids is 1. The first-order valence-corrected chi connectivity index (χ1v) is 4.23. The van der Waals surface area contributed by atoms with Crippen molar-refractivity contribution in [3.63, 3.8) is 0 Å². The lowest BCUT2D eigenvalue weighted by molar-refractivity contribution is 0.111. The highest BCUT2D eigenvalue weighted by atomic mass is 19.1. The highest BCUT2D eigenvalue weighted by Gasteiger charge is 2.09. The standard InChI is InChI=1S/C10H9FN2O/c1-6-3-10-12-7(2)9(5-14)13(10)4-8(6)11/h3-5H,1-2H3. The van der Waals surface area contributed by atoms with Crippen LogP contribution in [0.25, 0.3) is 5.65 Å². The molecule has 0 fully saturated rings. The summed E-state index contributed by atoms with van der Waals surface area (Å²) in [6.07, 6.45) is 1.97. The lowest BCUT2D eigenvalue weighted by Gasteiger charge is -1.98. The van der Waals surface area contributed by atoms with Gasteiger partial charge in [-0.3, -0.25) is 9.20 Å². The first-order chi connectivity index (χ1) is 6.63. The Hall–Kier alpha value is -1.71. The van der Waals surface area contributed by atoms with Gasteiger partial charge in [-0.15, -0.1) is 0 Å². The van der Waals surface area contributed by atoms with Gasteiger partial charge in [0.15, 0.2) is 6.29 Å². The van der Waals surface area contributed by atoms with Crippen LogP contribution in [0.1, 0.15) is 21.7 Å². The van der Waals surface area contributed by atoms with Crippen LogP contribution in [0.3, 0.4) is 0 Å². The Morgan fingerprint density at radius 3 is 2.86 bits per heavy atom. The smallest absolute Gasteiger partial charge is 0.168 e. The monoisotopic (exact) mass is 192 g/mol. The summed E-state index contributed by atoms with van der Waals surface area (Å²) in [4.78, 5) is 14.9. The number of imidazole rings is 1. The van der Waals surface area contributed by atoms with Crippen molar-refractivity contribution in [1.82, 2.24) is 9.38 Å². The summed E-state index contributed by atoms with van der Waals surface area (Å²) in [5.41, 5.74) is 2.15. The lowest BCUT2D eigenvalue weighted by Crippen LogP contribution is -1.95. The predicted molar refractivity (Wildman–Crippen MR) is 50.0 cm³/mol. The van der Waals surface area contributed by atoms with E-state index < -0.39 is 0 Å². The van der Waals surface area contributed by atoms with Gasteiger partial charge in [0, 0.05) is 6.20 Å². The Morgan fingerprint density at radius 2 is 2.21 bits per heavy atom. The van der Waals surface area contributed by atoms with Crippen molar-refractivity contribution in [1.29, 1.82) is 0 Å². The largest absolute Gasteiger partial charge is 0.296 e. The molecule has 0 saturated carbocycles. The number of rotatable bonds is 1. The Morgan fingerprint density at radius 1 is 1.50 bits per heavy atom. The highest BCUT2D eigenvalue weighted by molar-refractivity contribution is 5.76. The number of carbonyl (C=O) groups is 1. The third kappa shape index (κ3) is 1.11. The van der Waals surface area contributed by atoms with Gasteiger partial charge in [-0.2, -0.15) is 0 Å². The van der Waals surface area contributed by atoms with Crippen molar-refractivity contribution in [2.45, 2.75) is 13.8 Å². The Kier molecular flexibility index (Phi) is 1.84. The first kappa shape index (κ1) is 8.87. The van der Waals surface area contributed by atoms with Crippen molar-refractivity contribution in [3.8, 4) is 0 Å². The van der Waals surface area contributed by atoms with Gasteiger partial charge in [0.25, 0.3) is 0 Å². The molecule has 0 atom stereocenters. The Bertz CT molecular complexity index is 516. The first-order valence-electron chi connectivity index (χ1n) is 4.23. The van der Waals surface area contributed by atoms with Crippen LogP contribution in [0.4, 0.5) is 4.39 Å². The van der Waals surface area contributed by atoms with Crippen molar-refractivity contribution >= 4 is 11.9 Å². The molecule has 0 aromatic carbocycles. The average molecular weight is 192 g/mol. The predicted octanol–water partition coefficient (Wildman–Crippen LogP) is 1.90. The maximum Gasteiger partial charge on any atom is 0.168 e. The quantitative estimate of drug-likeness (QED) is 0.647. The minimum Gasteiger partial charge on any atom is -0.296 e. The summed E-state index contributed by atoms with van der Waals surface area (Å²) in [6.45, 7) is 3.39. The lowest BCUT2D eigenvalue weighted by atomic mass is 10.3. The topological polar surface area (TPSA) is 34.4 Å². The van der Waals surface area contributed by atoms with Crippen LogP contribution in [-0.2, 0) is 0 Å². The fraction of sp³-hybridized carbons (Fsp3) is 0.200. The molecule has 0 aliphatic heterocycles. The number of pyridine rings is 1. The van der Waals surface area contributed by atoms with Gasteiger partial charge < -0.3 is 0 Å². The van der Waals surface area contributed by atoms with E-state index in [0.29, 0.717) is 28.9 Å². The normalized spacial score (nSPS) is 10.8. The SMILES string of the molecule is Cc1cc2nc(C)c(C=O)n2cc1F. The number of aryl methyl sites for hydroxylation is 2. The molecule has 14 heavy (non-hydrogen) atoms. The van der Waals surface area contributed by atoms with Gasteiger partial charge in [0.1, 0.15) is 17.2 Å². The van der Waals surface area contributed by atoms with E-state index in [2.05, 4.69) is 4.98 Å². The van der Waals surface area contributed by atoms with Gasteiger partial charge in [0.2, 0.25) is 0 Å². The number of aldehydes is 1. The molecule has 0 N–H and O–H groups in total. The zero-order valence-electron chi connectivity index (χ0n) is 7.91. The van der Waals surface area contributed by atoms with E-state index in [-0.39, 0.29) is 5.82 Å². The van der Waals surface area contributed by atoms with Crippen LogP contribution in [0.15, 0.2) is 12.3 Å². The molecular weight excluding hydrogens is 183 g/mol. The zero-order chi connectivity index (χ0) is 10.3. The number of halogens is 1. The van der Waals surface area contributed by atoms with Crippen LogP contribution >= 0.6 is 0 Å². The summed E-state index contributed by atoms with van der Waals surface area (Å²) in [5, 5.41) is 0. The highest BCUT2D eigenvalue weighted by Crippen LogP contribution is 2.14. The molecule has 0 spiro atoms. The number of hydrogen-bond donors (Lipinski definition) is 0. The zero-order valence-corrected chi connectivity index (χ0v) is 7.91. The maximum absolute atomic E-state index is 13.2. The van der Waals surface area contributed by atoms with Gasteiger partial charge in [-0.1, -0.05) is 0 Å². The summed E-state index contributed by atoms with van der Waals surface area (Å²) in [6, 6.07) is 1.62. The molecule has 72 valence electrons. The second kappa shape index (κ2) is 2.90. The second-order valence-corrected chi connectivity index (χ2v) is 3.23. The molecule has 0 saturated heterocycles. The maximum atomic E-state index is 13.2. The Balaban J connectivity index is 2.89. The summed E-state index contributed by atoms with van der Waals surface area (Å²) < 4.78 is 14.7. The second-order valence-electron chi connectivity index (χ2n) is 3.23. The fourth-order valence-electron chi connectivity index (χ4n) is 1.44. The number of hydrogen-bond acceptors (Lipinski definition) is 2. The summed E-state index contributed by atoms with van der Waals surface area (Å²) in [7, 11) is 0. The van der Waals surface area contributed by atoms with E-state index in [9.17, 15) is 9.18 Å². The molecule has 2 heterocycles. The van der Waals surface area contributed by atoms with Crippen molar-refractivity contribution in [2.24, 2.45) is 0 Å². The van der Waals surface area contributed by atoms with Crippen molar-refractivity contribution < 1.29 is 9.18 Å². The molecule has 2 aromatic heterocycles. The van der Waals surface area contributed by atoms with Gasteiger partial charge in [0.05, 0.1) is 5.69 Å². The van der Waals surface area contributed by atoms with Crippen molar-refractivity contribution in [2.75, 3.05) is 0 Å². The van der Waals surface area contributed by atoms with Gasteiger partial charge in [-0.05, 0) is 25.5 Å². The van der Waals surface area contributed by atoms with Crippen molar-refractivity contribution in [3.05, 3.63) is 35.0 Å². The minimum absolute atomic E-state index is 0.335. The van der Waals surface area contributed by atoms with E-state index in [4.69, 9.17) is 0 Å². The minimum atomic E-state index is -0.335. The van der Waals surface area contributed by atoms with E-state index in [1.165, 1.54) is 10.6 Å². The van der Waals surface area contributed by atoms with Gasteiger partial charge in [-0.25, -0.2) is 9.37 Å². The molecule has 0 unspecified atom stereocenters. The van der Waals surface area contributed by atoms with E-state index in [0.717, 1.165) is 0 Å². The fourth-order valence-corrected chi connectivity index (χ4v) is 1.44. The van der Waals surface area contributed by atoms with Crippen LogP contribution in [-0.4, -0.2) is 15.7 Å². The van der Waals surface area contributed by atoms with Crippen LogP contribution in [0, 0.1) is 19.7 Å². The number of nitrogens with zero attached hydrogens (tertiary/aromatic N) is 2. The van der Waals surface area contributed by atoms with Crippen LogP contribution in [0.5, 0.6) is 0 Å².